The van der Waals surface area contributed by atoms with Gasteiger partial charge in [0.15, 0.2) is 5.69 Å². The number of nitrogens with one attached hydrogen (secondary N) is 2. The number of imide groups is 2. The zero-order valence-corrected chi connectivity index (χ0v) is 16.4. The van der Waals surface area contributed by atoms with Crippen LogP contribution in [-0.2, 0) is 23.2 Å². The highest BCUT2D eigenvalue weighted by atomic mass is 16.2. The van der Waals surface area contributed by atoms with E-state index in [2.05, 4.69) is 15.7 Å². The zero-order chi connectivity index (χ0) is 21.6. The summed E-state index contributed by atoms with van der Waals surface area (Å²) in [6.45, 7) is 1.92. The molecule has 2 aliphatic heterocycles. The standard InChI is InChI=1S/C20H19N5O5/c1-10-8-13(23-24(10)2)18(28)22-17(27)12-5-3-4-11-9-25(20(30)16(11)12)14-6-7-15(26)21-19(14)29/h3-5,8,14H,6-7,9H2,1-2H3,(H,21,26,29)(H,22,27,28). The Morgan fingerprint density at radius 1 is 1.20 bits per heavy atom. The molecule has 1 unspecified atom stereocenters. The molecule has 1 aromatic heterocycles. The number of carbonyl (C=O) groups is 5. The fourth-order valence-corrected chi connectivity index (χ4v) is 3.71. The Bertz CT molecular complexity index is 1100. The zero-order valence-electron chi connectivity index (χ0n) is 16.4. The minimum atomic E-state index is -0.781. The van der Waals surface area contributed by atoms with Crippen LogP contribution in [0.25, 0.3) is 0 Å². The molecule has 10 nitrogen and oxygen atoms in total. The predicted molar refractivity (Wildman–Crippen MR) is 102 cm³/mol. The minimum absolute atomic E-state index is 0.0493. The van der Waals surface area contributed by atoms with E-state index in [0.29, 0.717) is 5.56 Å². The largest absolute Gasteiger partial charge is 0.322 e. The SMILES string of the molecule is Cc1cc(C(=O)NC(=O)c2cccc3c2C(=O)N(C2CCC(=O)NC2=O)C3)nn1C. The maximum atomic E-state index is 13.0. The van der Waals surface area contributed by atoms with Crippen molar-refractivity contribution in [3.63, 3.8) is 0 Å². The molecule has 154 valence electrons. The molecular formula is C20H19N5O5. The quantitative estimate of drug-likeness (QED) is 0.690. The van der Waals surface area contributed by atoms with Gasteiger partial charge in [-0.05, 0) is 31.0 Å². The topological polar surface area (TPSA) is 130 Å². The van der Waals surface area contributed by atoms with Gasteiger partial charge in [-0.1, -0.05) is 12.1 Å². The smallest absolute Gasteiger partial charge is 0.278 e. The van der Waals surface area contributed by atoms with E-state index in [1.165, 1.54) is 15.6 Å². The number of amides is 5. The summed E-state index contributed by atoms with van der Waals surface area (Å²) in [5.74, 6) is -2.78. The molecule has 4 rings (SSSR count). The number of carbonyl (C=O) groups excluding carboxylic acids is 5. The van der Waals surface area contributed by atoms with Crippen LogP contribution in [0.3, 0.4) is 0 Å². The predicted octanol–water partition coefficient (Wildman–Crippen LogP) is 0.0597. The summed E-state index contributed by atoms with van der Waals surface area (Å²) in [5, 5.41) is 8.54. The lowest BCUT2D eigenvalue weighted by molar-refractivity contribution is -0.136. The normalized spacial score (nSPS) is 18.3. The monoisotopic (exact) mass is 409 g/mol. The summed E-state index contributed by atoms with van der Waals surface area (Å²) < 4.78 is 1.51. The average molecular weight is 409 g/mol. The van der Waals surface area contributed by atoms with E-state index in [4.69, 9.17) is 0 Å². The van der Waals surface area contributed by atoms with Crippen molar-refractivity contribution in [1.82, 2.24) is 25.3 Å². The third-order valence-corrected chi connectivity index (χ3v) is 5.37. The second-order valence-electron chi connectivity index (χ2n) is 7.32. The van der Waals surface area contributed by atoms with Gasteiger partial charge in [0.25, 0.3) is 17.7 Å². The van der Waals surface area contributed by atoms with E-state index in [1.807, 2.05) is 0 Å². The van der Waals surface area contributed by atoms with Gasteiger partial charge in [0.1, 0.15) is 6.04 Å². The number of nitrogens with zero attached hydrogens (tertiary/aromatic N) is 3. The first-order valence-electron chi connectivity index (χ1n) is 9.39. The second kappa shape index (κ2) is 7.21. The average Bonchev–Trinajstić information content (AvgIpc) is 3.21. The fourth-order valence-electron chi connectivity index (χ4n) is 3.71. The number of piperidine rings is 1. The van der Waals surface area contributed by atoms with Crippen LogP contribution in [0, 0.1) is 6.92 Å². The summed E-state index contributed by atoms with van der Waals surface area (Å²) in [4.78, 5) is 63.1. The molecule has 0 aliphatic carbocycles. The fraction of sp³-hybridized carbons (Fsp3) is 0.300. The van der Waals surface area contributed by atoms with E-state index < -0.39 is 29.7 Å². The Morgan fingerprint density at radius 2 is 1.97 bits per heavy atom. The lowest BCUT2D eigenvalue weighted by Crippen LogP contribution is -2.52. The van der Waals surface area contributed by atoms with Crippen LogP contribution in [-0.4, -0.2) is 50.3 Å². The van der Waals surface area contributed by atoms with Crippen molar-refractivity contribution in [1.29, 1.82) is 0 Å². The molecule has 0 spiro atoms. The molecule has 1 saturated heterocycles. The summed E-state index contributed by atoms with van der Waals surface area (Å²) in [6, 6.07) is 5.53. The van der Waals surface area contributed by atoms with Crippen LogP contribution in [0.1, 0.15) is 55.3 Å². The van der Waals surface area contributed by atoms with Gasteiger partial charge in [-0.25, -0.2) is 0 Å². The maximum Gasteiger partial charge on any atom is 0.278 e. The first-order valence-corrected chi connectivity index (χ1v) is 9.39. The molecule has 30 heavy (non-hydrogen) atoms. The maximum absolute atomic E-state index is 13.0. The Balaban J connectivity index is 1.57. The first-order chi connectivity index (χ1) is 14.3. The van der Waals surface area contributed by atoms with Crippen molar-refractivity contribution in [2.75, 3.05) is 0 Å². The van der Waals surface area contributed by atoms with Crippen molar-refractivity contribution < 1.29 is 24.0 Å². The van der Waals surface area contributed by atoms with Crippen molar-refractivity contribution in [3.05, 3.63) is 52.3 Å². The van der Waals surface area contributed by atoms with Crippen LogP contribution < -0.4 is 10.6 Å². The van der Waals surface area contributed by atoms with Gasteiger partial charge in [-0.2, -0.15) is 5.10 Å². The van der Waals surface area contributed by atoms with Gasteiger partial charge in [-0.3, -0.25) is 39.3 Å². The molecule has 1 atom stereocenters. The van der Waals surface area contributed by atoms with E-state index in [-0.39, 0.29) is 42.1 Å². The Hall–Kier alpha value is -3.82. The molecule has 1 aromatic carbocycles. The molecule has 3 heterocycles. The molecule has 0 bridgehead atoms. The Morgan fingerprint density at radius 3 is 2.63 bits per heavy atom. The van der Waals surface area contributed by atoms with E-state index in [1.54, 1.807) is 32.2 Å². The third-order valence-electron chi connectivity index (χ3n) is 5.37. The highest BCUT2D eigenvalue weighted by Crippen LogP contribution is 2.29. The third kappa shape index (κ3) is 3.25. The summed E-state index contributed by atoms with van der Waals surface area (Å²) in [6.07, 6.45) is 0.366. The van der Waals surface area contributed by atoms with Crippen LogP contribution in [0.2, 0.25) is 0 Å². The molecule has 1 fully saturated rings. The van der Waals surface area contributed by atoms with Crippen LogP contribution >= 0.6 is 0 Å². The number of hydrogen-bond donors (Lipinski definition) is 2. The van der Waals surface area contributed by atoms with Crippen LogP contribution in [0.4, 0.5) is 0 Å². The van der Waals surface area contributed by atoms with Crippen molar-refractivity contribution in [2.24, 2.45) is 7.05 Å². The number of aromatic nitrogens is 2. The van der Waals surface area contributed by atoms with Crippen molar-refractivity contribution in [3.8, 4) is 0 Å². The van der Waals surface area contributed by atoms with Crippen molar-refractivity contribution >= 4 is 29.5 Å². The van der Waals surface area contributed by atoms with Crippen molar-refractivity contribution in [2.45, 2.75) is 32.4 Å². The number of aryl methyl sites for hydroxylation is 2. The van der Waals surface area contributed by atoms with E-state index >= 15 is 0 Å². The minimum Gasteiger partial charge on any atom is -0.322 e. The van der Waals surface area contributed by atoms with Gasteiger partial charge < -0.3 is 4.90 Å². The number of hydrogen-bond acceptors (Lipinski definition) is 6. The first kappa shape index (κ1) is 19.5. The molecule has 10 heteroatoms. The molecular weight excluding hydrogens is 390 g/mol. The summed E-state index contributed by atoms with van der Waals surface area (Å²) in [5.41, 5.74) is 1.63. The lowest BCUT2D eigenvalue weighted by Gasteiger charge is -2.29. The number of benzene rings is 1. The molecule has 5 amide bonds. The van der Waals surface area contributed by atoms with Gasteiger partial charge in [0.05, 0.1) is 11.1 Å². The van der Waals surface area contributed by atoms with Crippen LogP contribution in [0.5, 0.6) is 0 Å². The molecule has 2 N–H and O–H groups in total. The summed E-state index contributed by atoms with van der Waals surface area (Å²) in [7, 11) is 1.68. The Labute approximate surface area is 171 Å². The molecule has 0 radical (unpaired) electrons. The number of fused-ring (bicyclic) bond motifs is 1. The van der Waals surface area contributed by atoms with E-state index in [9.17, 15) is 24.0 Å². The van der Waals surface area contributed by atoms with Gasteiger partial charge in [0, 0.05) is 25.7 Å². The van der Waals surface area contributed by atoms with Gasteiger partial charge >= 0.3 is 0 Å². The Kier molecular flexibility index (Phi) is 4.69. The number of rotatable bonds is 3. The molecule has 2 aromatic rings. The summed E-state index contributed by atoms with van der Waals surface area (Å²) >= 11 is 0. The molecule has 0 saturated carbocycles. The van der Waals surface area contributed by atoms with Gasteiger partial charge in [0.2, 0.25) is 11.8 Å². The highest BCUT2D eigenvalue weighted by molar-refractivity contribution is 6.16. The highest BCUT2D eigenvalue weighted by Gasteiger charge is 2.40. The van der Waals surface area contributed by atoms with Gasteiger partial charge in [-0.15, -0.1) is 0 Å². The second-order valence-corrected chi connectivity index (χ2v) is 7.32. The van der Waals surface area contributed by atoms with Crippen LogP contribution in [0.15, 0.2) is 24.3 Å². The lowest BCUT2D eigenvalue weighted by atomic mass is 10.0. The van der Waals surface area contributed by atoms with E-state index in [0.717, 1.165) is 5.69 Å². The molecule has 2 aliphatic rings.